The van der Waals surface area contributed by atoms with Gasteiger partial charge in [-0.2, -0.15) is 0 Å². The van der Waals surface area contributed by atoms with Crippen LogP contribution in [0, 0.1) is 17.8 Å². The molecule has 1 aliphatic heterocycles. The Morgan fingerprint density at radius 2 is 2.26 bits per heavy atom. The molecule has 0 radical (unpaired) electrons. The van der Waals surface area contributed by atoms with Crippen molar-refractivity contribution in [2.45, 2.75) is 26.2 Å². The second-order valence-electron chi connectivity index (χ2n) is 4.85. The minimum Gasteiger partial charge on any atom is -0.339 e. The van der Waals surface area contributed by atoms with Crippen LogP contribution in [0.25, 0.3) is 0 Å². The highest BCUT2D eigenvalue weighted by Gasteiger charge is 2.23. The van der Waals surface area contributed by atoms with Gasteiger partial charge < -0.3 is 10.6 Å². The molecule has 0 aliphatic carbocycles. The third kappa shape index (κ3) is 3.59. The number of amides is 1. The van der Waals surface area contributed by atoms with E-state index < -0.39 is 0 Å². The number of nitrogens with two attached hydrogens (primary N) is 1. The van der Waals surface area contributed by atoms with Crippen molar-refractivity contribution in [1.29, 1.82) is 0 Å². The monoisotopic (exact) mass is 276 g/mol. The van der Waals surface area contributed by atoms with Gasteiger partial charge in [-0.3, -0.25) is 4.79 Å². The Kier molecular flexibility index (Phi) is 5.00. The molecule has 0 saturated carbocycles. The molecule has 1 saturated heterocycles. The van der Waals surface area contributed by atoms with Crippen molar-refractivity contribution in [2.75, 3.05) is 19.6 Å². The lowest BCUT2D eigenvalue weighted by atomic mass is 9.94. The first-order chi connectivity index (χ1) is 9.24. The Hall–Kier alpha value is -1.31. The number of rotatable bonds is 2. The normalized spacial score (nSPS) is 16.0. The predicted molar refractivity (Wildman–Crippen MR) is 79.2 cm³/mol. The van der Waals surface area contributed by atoms with Gasteiger partial charge in [-0.05, 0) is 24.8 Å². The molecule has 1 amide bonds. The fourth-order valence-corrected chi connectivity index (χ4v) is 3.13. The highest BCUT2D eigenvalue weighted by molar-refractivity contribution is 7.10. The fourth-order valence-electron chi connectivity index (χ4n) is 2.38. The smallest absolute Gasteiger partial charge is 0.254 e. The quantitative estimate of drug-likeness (QED) is 0.843. The van der Waals surface area contributed by atoms with Crippen LogP contribution in [0.3, 0.4) is 0 Å². The zero-order chi connectivity index (χ0) is 13.7. The Morgan fingerprint density at radius 1 is 1.53 bits per heavy atom. The first-order valence-corrected chi connectivity index (χ1v) is 7.69. The van der Waals surface area contributed by atoms with Crippen molar-refractivity contribution in [2.24, 2.45) is 11.7 Å². The number of thiophene rings is 1. The average molecular weight is 276 g/mol. The van der Waals surface area contributed by atoms with Crippen LogP contribution in [-0.2, 0) is 0 Å². The van der Waals surface area contributed by atoms with Gasteiger partial charge >= 0.3 is 0 Å². The lowest BCUT2D eigenvalue weighted by Crippen LogP contribution is -2.38. The summed E-state index contributed by atoms with van der Waals surface area (Å²) in [6.45, 7) is 4.35. The first kappa shape index (κ1) is 14.1. The SMILES string of the molecule is CCC1CCN(C(=O)c2csc(C#CCN)c2)CC1. The molecule has 2 heterocycles. The number of carbonyl (C=O) groups is 1. The summed E-state index contributed by atoms with van der Waals surface area (Å²) >= 11 is 1.51. The number of hydrogen-bond acceptors (Lipinski definition) is 3. The van der Waals surface area contributed by atoms with Crippen molar-refractivity contribution < 1.29 is 4.79 Å². The molecule has 2 rings (SSSR count). The zero-order valence-electron chi connectivity index (χ0n) is 11.3. The molecule has 4 heteroatoms. The van der Waals surface area contributed by atoms with Gasteiger partial charge in [-0.25, -0.2) is 0 Å². The summed E-state index contributed by atoms with van der Waals surface area (Å²) in [7, 11) is 0. The molecule has 102 valence electrons. The molecule has 0 spiro atoms. The number of likely N-dealkylation sites (tertiary alicyclic amines) is 1. The van der Waals surface area contributed by atoms with Crippen LogP contribution >= 0.6 is 11.3 Å². The van der Waals surface area contributed by atoms with Crippen molar-refractivity contribution in [3.05, 3.63) is 21.9 Å². The van der Waals surface area contributed by atoms with E-state index in [-0.39, 0.29) is 5.91 Å². The van der Waals surface area contributed by atoms with Gasteiger partial charge in [0.05, 0.1) is 17.0 Å². The van der Waals surface area contributed by atoms with Crippen molar-refractivity contribution in [1.82, 2.24) is 4.90 Å². The molecule has 0 aromatic carbocycles. The molecule has 1 aromatic heterocycles. The van der Waals surface area contributed by atoms with Gasteiger partial charge in [0.2, 0.25) is 0 Å². The van der Waals surface area contributed by atoms with E-state index in [1.54, 1.807) is 0 Å². The molecule has 1 aliphatic rings. The second-order valence-corrected chi connectivity index (χ2v) is 5.76. The van der Waals surface area contributed by atoms with Crippen molar-refractivity contribution in [3.63, 3.8) is 0 Å². The first-order valence-electron chi connectivity index (χ1n) is 6.81. The van der Waals surface area contributed by atoms with Gasteiger partial charge in [-0.15, -0.1) is 11.3 Å². The average Bonchev–Trinajstić information content (AvgIpc) is 2.93. The van der Waals surface area contributed by atoms with E-state index in [1.165, 1.54) is 17.8 Å². The van der Waals surface area contributed by atoms with Crippen molar-refractivity contribution in [3.8, 4) is 11.8 Å². The summed E-state index contributed by atoms with van der Waals surface area (Å²) in [5.74, 6) is 6.72. The lowest BCUT2D eigenvalue weighted by Gasteiger charge is -2.31. The Balaban J connectivity index is 1.98. The lowest BCUT2D eigenvalue weighted by molar-refractivity contribution is 0.0689. The van der Waals surface area contributed by atoms with E-state index in [0.29, 0.717) is 6.54 Å². The second kappa shape index (κ2) is 6.74. The minimum atomic E-state index is 0.145. The summed E-state index contributed by atoms with van der Waals surface area (Å²) in [6, 6.07) is 1.88. The maximum atomic E-state index is 12.3. The Labute approximate surface area is 118 Å². The molecule has 0 bridgehead atoms. The van der Waals surface area contributed by atoms with Gasteiger partial charge in [0.1, 0.15) is 0 Å². The van der Waals surface area contributed by atoms with E-state index in [9.17, 15) is 4.79 Å². The summed E-state index contributed by atoms with van der Waals surface area (Å²) in [5, 5.41) is 1.90. The standard InChI is InChI=1S/C15H20N2OS/c1-2-12-5-8-17(9-6-12)15(18)13-10-14(19-11-13)4-3-7-16/h10-12H,2,5-9,16H2,1H3. The largest absolute Gasteiger partial charge is 0.339 e. The topological polar surface area (TPSA) is 46.3 Å². The molecule has 0 atom stereocenters. The summed E-state index contributed by atoms with van der Waals surface area (Å²) < 4.78 is 0. The molecule has 19 heavy (non-hydrogen) atoms. The number of piperidine rings is 1. The van der Waals surface area contributed by atoms with Crippen LogP contribution in [0.15, 0.2) is 11.4 Å². The van der Waals surface area contributed by atoms with Crippen LogP contribution in [0.1, 0.15) is 41.4 Å². The number of carbonyl (C=O) groups excluding carboxylic acids is 1. The Bertz CT molecular complexity index is 490. The van der Waals surface area contributed by atoms with E-state index in [2.05, 4.69) is 18.8 Å². The highest BCUT2D eigenvalue weighted by Crippen LogP contribution is 2.22. The van der Waals surface area contributed by atoms with Crippen LogP contribution < -0.4 is 5.73 Å². The maximum Gasteiger partial charge on any atom is 0.254 e. The van der Waals surface area contributed by atoms with Crippen LogP contribution in [0.4, 0.5) is 0 Å². The minimum absolute atomic E-state index is 0.145. The van der Waals surface area contributed by atoms with Gasteiger partial charge in [0, 0.05) is 18.5 Å². The van der Waals surface area contributed by atoms with E-state index in [0.717, 1.165) is 42.3 Å². The van der Waals surface area contributed by atoms with Gasteiger partial charge in [0.15, 0.2) is 0 Å². The predicted octanol–water partition coefficient (Wildman–Crippen LogP) is 2.32. The molecular weight excluding hydrogens is 256 g/mol. The van der Waals surface area contributed by atoms with Gasteiger partial charge in [-0.1, -0.05) is 25.2 Å². The fraction of sp³-hybridized carbons (Fsp3) is 0.533. The molecule has 0 unspecified atom stereocenters. The van der Waals surface area contributed by atoms with Crippen molar-refractivity contribution >= 4 is 17.2 Å². The Morgan fingerprint density at radius 3 is 2.89 bits per heavy atom. The highest BCUT2D eigenvalue weighted by atomic mass is 32.1. The van der Waals surface area contributed by atoms with Crippen LogP contribution in [-0.4, -0.2) is 30.4 Å². The molecule has 1 aromatic rings. The molecule has 2 N–H and O–H groups in total. The van der Waals surface area contributed by atoms with Gasteiger partial charge in [0.25, 0.3) is 5.91 Å². The number of nitrogens with zero attached hydrogens (tertiary/aromatic N) is 1. The number of hydrogen-bond donors (Lipinski definition) is 1. The summed E-state index contributed by atoms with van der Waals surface area (Å²) in [4.78, 5) is 15.2. The third-order valence-electron chi connectivity index (χ3n) is 3.64. The van der Waals surface area contributed by atoms with E-state index >= 15 is 0 Å². The summed E-state index contributed by atoms with van der Waals surface area (Å²) in [6.07, 6.45) is 3.48. The molecular formula is C15H20N2OS. The van der Waals surface area contributed by atoms with E-state index in [1.807, 2.05) is 16.3 Å². The third-order valence-corrected chi connectivity index (χ3v) is 4.48. The maximum absolute atomic E-state index is 12.3. The van der Waals surface area contributed by atoms with Crippen LogP contribution in [0.5, 0.6) is 0 Å². The molecule has 1 fully saturated rings. The van der Waals surface area contributed by atoms with E-state index in [4.69, 9.17) is 5.73 Å². The van der Waals surface area contributed by atoms with Crippen LogP contribution in [0.2, 0.25) is 0 Å². The summed E-state index contributed by atoms with van der Waals surface area (Å²) in [5.41, 5.74) is 6.11. The zero-order valence-corrected chi connectivity index (χ0v) is 12.1. The molecule has 3 nitrogen and oxygen atoms in total.